The maximum absolute atomic E-state index is 12.8. The van der Waals surface area contributed by atoms with Gasteiger partial charge in [-0.15, -0.1) is 11.3 Å². The maximum Gasteiger partial charge on any atom is 0.431 e. The number of esters is 1. The van der Waals surface area contributed by atoms with Crippen molar-refractivity contribution in [3.8, 4) is 0 Å². The summed E-state index contributed by atoms with van der Waals surface area (Å²) >= 11 is 1.28. The van der Waals surface area contributed by atoms with E-state index in [9.17, 15) is 28.1 Å². The Balaban J connectivity index is 1.98. The van der Waals surface area contributed by atoms with Gasteiger partial charge in [-0.3, -0.25) is 14.5 Å². The van der Waals surface area contributed by atoms with E-state index >= 15 is 0 Å². The largest absolute Gasteiger partial charge is 0.459 e. The number of hydrogen-bond donors (Lipinski definition) is 6. The first-order chi connectivity index (χ1) is 18.7. The molecule has 1 amide bonds. The average Bonchev–Trinajstić information content (AvgIpc) is 3.32. The Labute approximate surface area is 240 Å². The SMILES string of the molecule is CB(O)/N=C(/NCCCc1ccc(C(=O)NCC(NS(=O)(=O)c2ccccc2)C(=O)OC(C)(C)C)s1)NB(C)O. The van der Waals surface area contributed by atoms with Crippen LogP contribution in [0.1, 0.15) is 41.7 Å². The second-order valence-corrected chi connectivity index (χ2v) is 12.8. The lowest BCUT2D eigenvalue weighted by atomic mass is 9.88. The molecule has 0 bridgehead atoms. The highest BCUT2D eigenvalue weighted by Crippen LogP contribution is 2.18. The Morgan fingerprint density at radius 3 is 2.35 bits per heavy atom. The summed E-state index contributed by atoms with van der Waals surface area (Å²) < 4.78 is 33.4. The minimum Gasteiger partial charge on any atom is -0.459 e. The fraction of sp³-hybridized carbons (Fsp3) is 0.458. The lowest BCUT2D eigenvalue weighted by Crippen LogP contribution is -2.50. The van der Waals surface area contributed by atoms with Crippen LogP contribution in [0.5, 0.6) is 0 Å². The van der Waals surface area contributed by atoms with E-state index in [2.05, 4.69) is 25.5 Å². The van der Waals surface area contributed by atoms with Crippen molar-refractivity contribution in [2.24, 2.45) is 4.90 Å². The van der Waals surface area contributed by atoms with Crippen LogP contribution in [-0.2, 0) is 26.0 Å². The molecule has 0 radical (unpaired) electrons. The Morgan fingerprint density at radius 1 is 1.07 bits per heavy atom. The summed E-state index contributed by atoms with van der Waals surface area (Å²) in [6.45, 7) is 8.23. The van der Waals surface area contributed by atoms with E-state index in [1.807, 2.05) is 6.07 Å². The molecule has 0 aliphatic rings. The molecule has 1 unspecified atom stereocenters. The van der Waals surface area contributed by atoms with Crippen molar-refractivity contribution in [2.45, 2.75) is 63.8 Å². The molecule has 2 rings (SSSR count). The number of nitrogens with zero attached hydrogens (tertiary/aromatic N) is 1. The second-order valence-electron chi connectivity index (χ2n) is 9.96. The van der Waals surface area contributed by atoms with Crippen molar-refractivity contribution >= 4 is 53.3 Å². The molecule has 0 saturated carbocycles. The fourth-order valence-electron chi connectivity index (χ4n) is 3.31. The van der Waals surface area contributed by atoms with Crippen molar-refractivity contribution in [2.75, 3.05) is 13.1 Å². The van der Waals surface area contributed by atoms with Crippen LogP contribution in [0.3, 0.4) is 0 Å². The zero-order chi connectivity index (χ0) is 29.9. The van der Waals surface area contributed by atoms with Gasteiger partial charge in [0.15, 0.2) is 5.96 Å². The number of amides is 1. The smallest absolute Gasteiger partial charge is 0.431 e. The predicted molar refractivity (Wildman–Crippen MR) is 158 cm³/mol. The topological polar surface area (TPSA) is 178 Å². The van der Waals surface area contributed by atoms with Crippen LogP contribution in [0.4, 0.5) is 0 Å². The number of sulfonamides is 1. The Morgan fingerprint density at radius 2 is 1.75 bits per heavy atom. The number of rotatable bonds is 13. The number of nitrogens with one attached hydrogen (secondary N) is 4. The summed E-state index contributed by atoms with van der Waals surface area (Å²) in [5, 5.41) is 27.3. The van der Waals surface area contributed by atoms with E-state index < -0.39 is 47.6 Å². The third-order valence-corrected chi connectivity index (χ3v) is 7.58. The molecule has 2 aromatic rings. The number of aryl methyl sites for hydroxylation is 1. The van der Waals surface area contributed by atoms with E-state index in [-0.39, 0.29) is 17.4 Å². The molecule has 0 saturated heterocycles. The van der Waals surface area contributed by atoms with Gasteiger partial charge in [0.1, 0.15) is 11.6 Å². The number of ether oxygens (including phenoxy) is 1. The van der Waals surface area contributed by atoms with E-state index in [0.717, 1.165) is 4.88 Å². The van der Waals surface area contributed by atoms with E-state index in [0.29, 0.717) is 24.3 Å². The summed E-state index contributed by atoms with van der Waals surface area (Å²) in [6.07, 6.45) is 1.34. The fourth-order valence-corrected chi connectivity index (χ4v) is 5.48. The first-order valence-electron chi connectivity index (χ1n) is 12.8. The van der Waals surface area contributed by atoms with Gasteiger partial charge in [0, 0.05) is 18.0 Å². The Bertz CT molecular complexity index is 1250. The van der Waals surface area contributed by atoms with E-state index in [1.165, 1.54) is 37.1 Å². The number of hydrogen-bond acceptors (Lipinski definition) is 9. The number of thiophene rings is 1. The molecule has 1 atom stereocenters. The molecule has 0 aliphatic heterocycles. The summed E-state index contributed by atoms with van der Waals surface area (Å²) in [5.74, 6) is -0.983. The van der Waals surface area contributed by atoms with Gasteiger partial charge in [0.25, 0.3) is 5.91 Å². The number of benzene rings is 1. The van der Waals surface area contributed by atoms with Crippen LogP contribution in [0.15, 0.2) is 52.3 Å². The van der Waals surface area contributed by atoms with Crippen LogP contribution in [0.2, 0.25) is 13.6 Å². The molecule has 0 spiro atoms. The molecule has 6 N–H and O–H groups in total. The monoisotopic (exact) mass is 593 g/mol. The third kappa shape index (κ3) is 12.1. The highest BCUT2D eigenvalue weighted by molar-refractivity contribution is 7.89. The van der Waals surface area contributed by atoms with Crippen molar-refractivity contribution in [1.82, 2.24) is 20.6 Å². The molecular weight excluding hydrogens is 556 g/mol. The zero-order valence-electron chi connectivity index (χ0n) is 23.3. The van der Waals surface area contributed by atoms with Gasteiger partial charge < -0.3 is 30.6 Å². The first-order valence-corrected chi connectivity index (χ1v) is 15.1. The van der Waals surface area contributed by atoms with Crippen LogP contribution < -0.4 is 20.6 Å². The van der Waals surface area contributed by atoms with Crippen molar-refractivity contribution in [3.63, 3.8) is 0 Å². The highest BCUT2D eigenvalue weighted by Gasteiger charge is 2.30. The van der Waals surface area contributed by atoms with Crippen molar-refractivity contribution < 1.29 is 32.8 Å². The van der Waals surface area contributed by atoms with Gasteiger partial charge in [-0.1, -0.05) is 18.2 Å². The normalized spacial score (nSPS) is 12.8. The third-order valence-electron chi connectivity index (χ3n) is 4.95. The Hall–Kier alpha value is -2.91. The molecule has 12 nitrogen and oxygen atoms in total. The molecule has 218 valence electrons. The molecular formula is C24H37B2N5O7S2. The van der Waals surface area contributed by atoms with Crippen molar-refractivity contribution in [3.05, 3.63) is 52.2 Å². The van der Waals surface area contributed by atoms with Gasteiger partial charge in [-0.2, -0.15) is 4.72 Å². The summed E-state index contributed by atoms with van der Waals surface area (Å²) in [6, 6.07) is 9.76. The lowest BCUT2D eigenvalue weighted by molar-refractivity contribution is -0.156. The molecule has 0 fully saturated rings. The molecule has 40 heavy (non-hydrogen) atoms. The van der Waals surface area contributed by atoms with Crippen molar-refractivity contribution in [1.29, 1.82) is 0 Å². The summed E-state index contributed by atoms with van der Waals surface area (Å²) in [5.41, 5.74) is -0.857. The minimum absolute atomic E-state index is 0.0156. The number of carbonyl (C=O) groups is 2. The van der Waals surface area contributed by atoms with Gasteiger partial charge in [-0.25, -0.2) is 8.42 Å². The molecule has 0 aliphatic carbocycles. The van der Waals surface area contributed by atoms with Crippen LogP contribution in [-0.4, -0.2) is 75.1 Å². The van der Waals surface area contributed by atoms with Crippen LogP contribution >= 0.6 is 11.3 Å². The quantitative estimate of drug-likeness (QED) is 0.0646. The number of carbonyl (C=O) groups excluding carboxylic acids is 2. The molecule has 1 heterocycles. The molecule has 16 heteroatoms. The molecule has 1 aromatic heterocycles. The minimum atomic E-state index is -4.05. The average molecular weight is 593 g/mol. The summed E-state index contributed by atoms with van der Waals surface area (Å²) in [7, 11) is -5.82. The lowest BCUT2D eigenvalue weighted by Gasteiger charge is -2.24. The standard InChI is InChI=1S/C24H37B2N5O7S2/c1-24(2,3)38-22(33)19(31-40(36,37)18-11-7-6-8-12-18)16-28-21(32)20-14-13-17(39-20)10-9-15-27-23(29-25(4)34)30-26(5)35/h6-8,11-14,19,31,34-35H,9-10,15-16H2,1-5H3,(H,28,32)(H2,27,29,30). The summed E-state index contributed by atoms with van der Waals surface area (Å²) in [4.78, 5) is 30.9. The predicted octanol–water partition coefficient (Wildman–Crippen LogP) is 0.855. The zero-order valence-corrected chi connectivity index (χ0v) is 24.9. The second kappa shape index (κ2) is 15.2. The van der Waals surface area contributed by atoms with Gasteiger partial charge in [-0.05, 0) is 71.5 Å². The van der Waals surface area contributed by atoms with Crippen LogP contribution in [0.25, 0.3) is 0 Å². The maximum atomic E-state index is 12.8. The molecule has 1 aromatic carbocycles. The van der Waals surface area contributed by atoms with Gasteiger partial charge in [0.05, 0.1) is 9.77 Å². The number of guanidine groups is 1. The highest BCUT2D eigenvalue weighted by atomic mass is 32.2. The van der Waals surface area contributed by atoms with Crippen LogP contribution in [0, 0.1) is 0 Å². The van der Waals surface area contributed by atoms with E-state index in [4.69, 9.17) is 4.74 Å². The van der Waals surface area contributed by atoms with E-state index in [1.54, 1.807) is 45.0 Å². The van der Waals surface area contributed by atoms with Gasteiger partial charge in [0.2, 0.25) is 10.0 Å². The first kappa shape index (κ1) is 33.3. The van der Waals surface area contributed by atoms with Gasteiger partial charge >= 0.3 is 20.1 Å². The Kier molecular flexibility index (Phi) is 12.6.